The third kappa shape index (κ3) is 4.22. The van der Waals surface area contributed by atoms with Crippen LogP contribution in [0.1, 0.15) is 33.3 Å². The van der Waals surface area contributed by atoms with E-state index in [9.17, 15) is 13.2 Å². The Labute approximate surface area is 192 Å². The summed E-state index contributed by atoms with van der Waals surface area (Å²) in [6.07, 6.45) is -0.531. The van der Waals surface area contributed by atoms with E-state index in [0.29, 0.717) is 17.1 Å². The minimum atomic E-state index is -3.76. The van der Waals surface area contributed by atoms with Gasteiger partial charge in [0, 0.05) is 18.0 Å². The van der Waals surface area contributed by atoms with Crippen LogP contribution in [-0.2, 0) is 20.2 Å². The molecule has 3 aromatic rings. The van der Waals surface area contributed by atoms with Crippen molar-refractivity contribution in [1.82, 2.24) is 4.98 Å². The van der Waals surface area contributed by atoms with Crippen LogP contribution < -0.4 is 14.4 Å². The van der Waals surface area contributed by atoms with Gasteiger partial charge < -0.3 is 9.64 Å². The zero-order valence-corrected chi connectivity index (χ0v) is 20.2. The molecule has 1 unspecified atom stereocenters. The predicted molar refractivity (Wildman–Crippen MR) is 127 cm³/mol. The van der Waals surface area contributed by atoms with Gasteiger partial charge in [0.05, 0.1) is 16.3 Å². The van der Waals surface area contributed by atoms with E-state index in [1.54, 1.807) is 42.5 Å². The van der Waals surface area contributed by atoms with Crippen molar-refractivity contribution in [2.75, 3.05) is 16.7 Å². The molecule has 1 aromatic heterocycles. The van der Waals surface area contributed by atoms with E-state index in [4.69, 9.17) is 4.74 Å². The number of rotatable bonds is 4. The largest absolute Gasteiger partial charge is 0.479 e. The molecule has 2 aromatic carbocycles. The summed E-state index contributed by atoms with van der Waals surface area (Å²) in [7, 11) is -2.05. The average molecular weight is 472 g/mol. The number of fused-ring (bicyclic) bond motifs is 1. The van der Waals surface area contributed by atoms with E-state index in [-0.39, 0.29) is 21.3 Å². The van der Waals surface area contributed by atoms with Gasteiger partial charge in [0.15, 0.2) is 11.2 Å². The van der Waals surface area contributed by atoms with E-state index in [1.807, 2.05) is 24.3 Å². The van der Waals surface area contributed by atoms with E-state index >= 15 is 0 Å². The molecule has 1 amide bonds. The standard InChI is InChI=1S/C23H25N3O4S2/c1-14-21(27)26(5)19-12-15(6-11-20(19)30-14)18-13-31-22(24-18)25-32(28,29)17-9-7-16(8-10-17)23(2,3)4/h6-14H,1-5H3,(H,24,25). The molecule has 1 N–H and O–H groups in total. The SMILES string of the molecule is CC1Oc2ccc(-c3csc(NS(=O)(=O)c4ccc(C(C)(C)C)cc4)n3)cc2N(C)C1=O. The second-order valence-corrected chi connectivity index (χ2v) is 11.3. The van der Waals surface area contributed by atoms with Gasteiger partial charge in [0.1, 0.15) is 5.75 Å². The molecule has 32 heavy (non-hydrogen) atoms. The number of hydrogen-bond acceptors (Lipinski definition) is 6. The fraction of sp³-hybridized carbons (Fsp3) is 0.304. The van der Waals surface area contributed by atoms with Crippen molar-refractivity contribution >= 4 is 38.1 Å². The normalized spacial score (nSPS) is 16.5. The van der Waals surface area contributed by atoms with Crippen LogP contribution in [0, 0.1) is 0 Å². The summed E-state index contributed by atoms with van der Waals surface area (Å²) >= 11 is 1.20. The fourth-order valence-electron chi connectivity index (χ4n) is 3.43. The van der Waals surface area contributed by atoms with Crippen molar-refractivity contribution in [2.45, 2.75) is 44.1 Å². The van der Waals surface area contributed by atoms with Crippen LogP contribution in [0.5, 0.6) is 5.75 Å². The number of sulfonamides is 1. The van der Waals surface area contributed by atoms with Gasteiger partial charge >= 0.3 is 0 Å². The quantitative estimate of drug-likeness (QED) is 0.598. The molecule has 0 spiro atoms. The minimum absolute atomic E-state index is 0.0590. The Hall–Kier alpha value is -2.91. The number of carbonyl (C=O) groups is 1. The lowest BCUT2D eigenvalue weighted by Crippen LogP contribution is -2.41. The highest BCUT2D eigenvalue weighted by Crippen LogP contribution is 2.37. The minimum Gasteiger partial charge on any atom is -0.479 e. The number of nitrogens with one attached hydrogen (secondary N) is 1. The number of benzene rings is 2. The number of likely N-dealkylation sites (N-methyl/N-ethyl adjacent to an activating group) is 1. The van der Waals surface area contributed by atoms with Crippen LogP contribution >= 0.6 is 11.3 Å². The van der Waals surface area contributed by atoms with Gasteiger partial charge in [-0.05, 0) is 48.2 Å². The highest BCUT2D eigenvalue weighted by molar-refractivity contribution is 7.93. The van der Waals surface area contributed by atoms with E-state index in [2.05, 4.69) is 30.5 Å². The number of aromatic nitrogens is 1. The smallest absolute Gasteiger partial charge is 0.267 e. The number of ether oxygens (including phenoxy) is 1. The molecular formula is C23H25N3O4S2. The lowest BCUT2D eigenvalue weighted by molar-refractivity contribution is -0.125. The van der Waals surface area contributed by atoms with Crippen molar-refractivity contribution in [3.8, 4) is 17.0 Å². The number of hydrogen-bond donors (Lipinski definition) is 1. The van der Waals surface area contributed by atoms with Gasteiger partial charge in [-0.15, -0.1) is 11.3 Å². The number of anilines is 2. The zero-order chi connectivity index (χ0) is 23.3. The molecule has 1 aliphatic rings. The molecule has 4 rings (SSSR count). The Morgan fingerprint density at radius 2 is 1.81 bits per heavy atom. The Morgan fingerprint density at radius 1 is 1.12 bits per heavy atom. The second kappa shape index (κ2) is 7.90. The molecule has 0 saturated heterocycles. The summed E-state index contributed by atoms with van der Waals surface area (Å²) in [6, 6.07) is 12.3. The highest BCUT2D eigenvalue weighted by atomic mass is 32.2. The number of amides is 1. The highest BCUT2D eigenvalue weighted by Gasteiger charge is 2.29. The Bertz CT molecular complexity index is 1280. The lowest BCUT2D eigenvalue weighted by Gasteiger charge is -2.30. The maximum absolute atomic E-state index is 12.8. The van der Waals surface area contributed by atoms with Crippen molar-refractivity contribution in [3.05, 3.63) is 53.4 Å². The summed E-state index contributed by atoms with van der Waals surface area (Å²) in [5.74, 6) is 0.497. The fourth-order valence-corrected chi connectivity index (χ4v) is 5.40. The molecule has 0 fully saturated rings. The molecule has 0 bridgehead atoms. The van der Waals surface area contributed by atoms with E-state index in [1.165, 1.54) is 11.3 Å². The van der Waals surface area contributed by atoms with Crippen molar-refractivity contribution < 1.29 is 17.9 Å². The van der Waals surface area contributed by atoms with Crippen LogP contribution in [0.25, 0.3) is 11.3 Å². The molecule has 0 radical (unpaired) electrons. The number of nitrogens with zero attached hydrogens (tertiary/aromatic N) is 2. The summed E-state index contributed by atoms with van der Waals surface area (Å²) < 4.78 is 33.8. The summed E-state index contributed by atoms with van der Waals surface area (Å²) in [4.78, 5) is 18.4. The molecule has 7 nitrogen and oxygen atoms in total. The first-order chi connectivity index (χ1) is 15.0. The van der Waals surface area contributed by atoms with Gasteiger partial charge in [0.2, 0.25) is 0 Å². The first-order valence-electron chi connectivity index (χ1n) is 10.1. The van der Waals surface area contributed by atoms with Crippen molar-refractivity contribution in [1.29, 1.82) is 0 Å². The van der Waals surface area contributed by atoms with Crippen LogP contribution in [-0.4, -0.2) is 32.5 Å². The third-order valence-electron chi connectivity index (χ3n) is 5.35. The predicted octanol–water partition coefficient (Wildman–Crippen LogP) is 4.65. The molecule has 1 atom stereocenters. The van der Waals surface area contributed by atoms with Gasteiger partial charge in [-0.2, -0.15) is 0 Å². The maximum atomic E-state index is 12.8. The number of thiazole rings is 1. The van der Waals surface area contributed by atoms with Crippen molar-refractivity contribution in [3.63, 3.8) is 0 Å². The van der Waals surface area contributed by atoms with E-state index in [0.717, 1.165) is 11.1 Å². The van der Waals surface area contributed by atoms with Crippen LogP contribution in [0.3, 0.4) is 0 Å². The third-order valence-corrected chi connectivity index (χ3v) is 7.60. The summed E-state index contributed by atoms with van der Waals surface area (Å²) in [6.45, 7) is 7.94. The molecule has 2 heterocycles. The molecule has 0 saturated carbocycles. The molecule has 0 aliphatic carbocycles. The van der Waals surface area contributed by atoms with Crippen LogP contribution in [0.4, 0.5) is 10.8 Å². The van der Waals surface area contributed by atoms with Crippen molar-refractivity contribution in [2.24, 2.45) is 0 Å². The average Bonchev–Trinajstić information content (AvgIpc) is 3.19. The summed E-state index contributed by atoms with van der Waals surface area (Å²) in [5.41, 5.74) is 3.02. The topological polar surface area (TPSA) is 88.6 Å². The van der Waals surface area contributed by atoms with Gasteiger partial charge in [0.25, 0.3) is 15.9 Å². The Balaban J connectivity index is 1.56. The van der Waals surface area contributed by atoms with Gasteiger partial charge in [-0.25, -0.2) is 13.4 Å². The second-order valence-electron chi connectivity index (χ2n) is 8.76. The van der Waals surface area contributed by atoms with Crippen LogP contribution in [0.15, 0.2) is 52.7 Å². The lowest BCUT2D eigenvalue weighted by atomic mass is 9.87. The first kappa shape index (κ1) is 22.3. The van der Waals surface area contributed by atoms with Gasteiger partial charge in [-0.3, -0.25) is 9.52 Å². The zero-order valence-electron chi connectivity index (χ0n) is 18.5. The molecule has 9 heteroatoms. The first-order valence-corrected chi connectivity index (χ1v) is 12.5. The summed E-state index contributed by atoms with van der Waals surface area (Å²) in [5, 5.41) is 2.04. The van der Waals surface area contributed by atoms with Gasteiger partial charge in [-0.1, -0.05) is 32.9 Å². The Kier molecular flexibility index (Phi) is 5.50. The molecule has 168 valence electrons. The van der Waals surface area contributed by atoms with Crippen LogP contribution in [0.2, 0.25) is 0 Å². The number of carbonyl (C=O) groups excluding carboxylic acids is 1. The Morgan fingerprint density at radius 3 is 2.47 bits per heavy atom. The molecule has 1 aliphatic heterocycles. The monoisotopic (exact) mass is 471 g/mol. The maximum Gasteiger partial charge on any atom is 0.267 e. The molecular weight excluding hydrogens is 446 g/mol. The van der Waals surface area contributed by atoms with E-state index < -0.39 is 16.1 Å².